The molecule has 1 atom stereocenters. The highest BCUT2D eigenvalue weighted by atomic mass is 35.5. The predicted molar refractivity (Wildman–Crippen MR) is 117 cm³/mol. The predicted octanol–water partition coefficient (Wildman–Crippen LogP) is 2.91. The molecule has 4 aliphatic carbocycles. The van der Waals surface area contributed by atoms with E-state index in [2.05, 4.69) is 20.9 Å². The second-order valence-electron chi connectivity index (χ2n) is 10.2. The molecule has 5 aliphatic rings. The summed E-state index contributed by atoms with van der Waals surface area (Å²) in [6, 6.07) is -0.518. The normalized spacial score (nSPS) is 35.0. The van der Waals surface area contributed by atoms with E-state index in [1.165, 1.54) is 25.7 Å². The van der Waals surface area contributed by atoms with Crippen molar-refractivity contribution in [3.63, 3.8) is 0 Å². The molecule has 1 saturated heterocycles. The molecule has 29 heavy (non-hydrogen) atoms. The SMILES string of the molecule is CNCCC1CCN(C(C)C(=O)NC(=O)NC23CC4CC(CC(C4)C2)C3)CC1.Cl. The average Bonchev–Trinajstić information content (AvgIpc) is 2.64. The maximum absolute atomic E-state index is 12.7. The molecule has 3 amide bonds. The Bertz CT molecular complexity index is 556. The van der Waals surface area contributed by atoms with E-state index in [0.717, 1.165) is 75.4 Å². The molecule has 7 heteroatoms. The molecule has 1 heterocycles. The van der Waals surface area contributed by atoms with Crippen molar-refractivity contribution in [3.8, 4) is 0 Å². The van der Waals surface area contributed by atoms with E-state index in [4.69, 9.17) is 0 Å². The first-order chi connectivity index (χ1) is 13.5. The maximum atomic E-state index is 12.7. The fraction of sp³-hybridized carbons (Fsp3) is 0.909. The Labute approximate surface area is 181 Å². The zero-order valence-corrected chi connectivity index (χ0v) is 18.9. The van der Waals surface area contributed by atoms with Gasteiger partial charge in [-0.15, -0.1) is 12.4 Å². The molecule has 0 spiro atoms. The van der Waals surface area contributed by atoms with Gasteiger partial charge in [-0.1, -0.05) is 0 Å². The van der Waals surface area contributed by atoms with E-state index in [-0.39, 0.29) is 35.9 Å². The molecule has 0 aromatic rings. The number of halogens is 1. The number of piperidine rings is 1. The van der Waals surface area contributed by atoms with E-state index >= 15 is 0 Å². The molecular weight excluding hydrogens is 388 g/mol. The van der Waals surface area contributed by atoms with Crippen LogP contribution in [0.2, 0.25) is 0 Å². The van der Waals surface area contributed by atoms with Gasteiger partial charge in [0, 0.05) is 5.54 Å². The molecule has 1 unspecified atom stereocenters. The Morgan fingerprint density at radius 1 is 1.03 bits per heavy atom. The minimum Gasteiger partial charge on any atom is -0.332 e. The highest BCUT2D eigenvalue weighted by Crippen LogP contribution is 2.55. The summed E-state index contributed by atoms with van der Waals surface area (Å²) in [6.07, 6.45) is 10.9. The largest absolute Gasteiger partial charge is 0.332 e. The molecule has 166 valence electrons. The number of imide groups is 1. The van der Waals surface area contributed by atoms with Gasteiger partial charge in [0.15, 0.2) is 0 Å². The lowest BCUT2D eigenvalue weighted by Crippen LogP contribution is -2.62. The summed E-state index contributed by atoms with van der Waals surface area (Å²) in [6.45, 7) is 4.88. The summed E-state index contributed by atoms with van der Waals surface area (Å²) in [5.41, 5.74) is -0.0476. The highest BCUT2D eigenvalue weighted by Gasteiger charge is 2.51. The lowest BCUT2D eigenvalue weighted by molar-refractivity contribution is -0.125. The summed E-state index contributed by atoms with van der Waals surface area (Å²) in [5, 5.41) is 9.12. The molecular formula is C22H39ClN4O2. The second-order valence-corrected chi connectivity index (χ2v) is 10.2. The third kappa shape index (κ3) is 5.26. The van der Waals surface area contributed by atoms with Crippen molar-refractivity contribution in [3.05, 3.63) is 0 Å². The van der Waals surface area contributed by atoms with Crippen LogP contribution in [0.15, 0.2) is 0 Å². The lowest BCUT2D eigenvalue weighted by Gasteiger charge is -2.56. The zero-order chi connectivity index (χ0) is 19.7. The van der Waals surface area contributed by atoms with E-state index in [1.54, 1.807) is 0 Å². The van der Waals surface area contributed by atoms with Crippen LogP contribution in [0.25, 0.3) is 0 Å². The summed E-state index contributed by atoms with van der Waals surface area (Å²) < 4.78 is 0. The highest BCUT2D eigenvalue weighted by molar-refractivity contribution is 5.97. The number of carbonyl (C=O) groups is 2. The van der Waals surface area contributed by atoms with Crippen LogP contribution in [0, 0.1) is 23.7 Å². The van der Waals surface area contributed by atoms with E-state index in [9.17, 15) is 9.59 Å². The van der Waals surface area contributed by atoms with Gasteiger partial charge in [-0.25, -0.2) is 4.79 Å². The maximum Gasteiger partial charge on any atom is 0.321 e. The Balaban J connectivity index is 0.00000240. The van der Waals surface area contributed by atoms with Gasteiger partial charge in [-0.3, -0.25) is 15.0 Å². The van der Waals surface area contributed by atoms with Crippen LogP contribution < -0.4 is 16.0 Å². The number of nitrogens with one attached hydrogen (secondary N) is 3. The molecule has 0 aromatic carbocycles. The fourth-order valence-electron chi connectivity index (χ4n) is 6.90. The quantitative estimate of drug-likeness (QED) is 0.610. The number of amides is 3. The minimum absolute atomic E-state index is 0. The van der Waals surface area contributed by atoms with Crippen molar-refractivity contribution < 1.29 is 9.59 Å². The monoisotopic (exact) mass is 426 g/mol. The van der Waals surface area contributed by atoms with Crippen molar-refractivity contribution in [2.75, 3.05) is 26.7 Å². The molecule has 0 aromatic heterocycles. The Morgan fingerprint density at radius 2 is 1.59 bits per heavy atom. The standard InChI is InChI=1S/C22H38N4O2.ClH/c1-15(26-7-4-16(5-8-26)3-6-23-2)20(27)24-21(28)25-22-12-17-9-18(13-22)11-19(10-17)14-22;/h15-19,23H,3-14H2,1-2H3,(H2,24,25,27,28);1H. The van der Waals surface area contributed by atoms with E-state index in [1.807, 2.05) is 14.0 Å². The molecule has 1 aliphatic heterocycles. The number of hydrogen-bond donors (Lipinski definition) is 3. The van der Waals surface area contributed by atoms with E-state index < -0.39 is 0 Å². The lowest BCUT2D eigenvalue weighted by atomic mass is 9.53. The molecule has 4 bridgehead atoms. The second kappa shape index (κ2) is 9.52. The Hall–Kier alpha value is -0.850. The molecule has 0 radical (unpaired) electrons. The van der Waals surface area contributed by atoms with Gasteiger partial charge >= 0.3 is 6.03 Å². The van der Waals surface area contributed by atoms with Gasteiger partial charge in [-0.2, -0.15) is 0 Å². The third-order valence-corrected chi connectivity index (χ3v) is 8.03. The minimum atomic E-state index is -0.275. The molecule has 6 nitrogen and oxygen atoms in total. The van der Waals surface area contributed by atoms with Crippen LogP contribution >= 0.6 is 12.4 Å². The van der Waals surface area contributed by atoms with Crippen molar-refractivity contribution >= 4 is 24.3 Å². The molecule has 5 rings (SSSR count). The van der Waals surface area contributed by atoms with Crippen LogP contribution in [-0.4, -0.2) is 55.1 Å². The summed E-state index contributed by atoms with van der Waals surface area (Å²) in [5.74, 6) is 2.94. The fourth-order valence-corrected chi connectivity index (χ4v) is 6.90. The Morgan fingerprint density at radius 3 is 2.10 bits per heavy atom. The van der Waals surface area contributed by atoms with Gasteiger partial charge in [0.1, 0.15) is 0 Å². The van der Waals surface area contributed by atoms with Crippen molar-refractivity contribution in [2.45, 2.75) is 76.3 Å². The number of urea groups is 1. The average molecular weight is 427 g/mol. The first kappa shape index (κ1) is 22.8. The van der Waals surface area contributed by atoms with Crippen molar-refractivity contribution in [1.82, 2.24) is 20.9 Å². The topological polar surface area (TPSA) is 73.5 Å². The van der Waals surface area contributed by atoms with Gasteiger partial charge in [0.05, 0.1) is 6.04 Å². The third-order valence-electron chi connectivity index (χ3n) is 8.03. The van der Waals surface area contributed by atoms with E-state index in [0.29, 0.717) is 0 Å². The van der Waals surface area contributed by atoms with Gasteiger partial charge in [0.25, 0.3) is 0 Å². The summed E-state index contributed by atoms with van der Waals surface area (Å²) >= 11 is 0. The van der Waals surface area contributed by atoms with Crippen LogP contribution in [0.5, 0.6) is 0 Å². The van der Waals surface area contributed by atoms with Crippen LogP contribution in [0.1, 0.15) is 64.7 Å². The van der Waals surface area contributed by atoms with Crippen molar-refractivity contribution in [2.24, 2.45) is 23.7 Å². The molecule has 5 fully saturated rings. The smallest absolute Gasteiger partial charge is 0.321 e. The van der Waals surface area contributed by atoms with Crippen molar-refractivity contribution in [1.29, 1.82) is 0 Å². The van der Waals surface area contributed by atoms with Crippen LogP contribution in [-0.2, 0) is 4.79 Å². The first-order valence-corrected chi connectivity index (χ1v) is 11.5. The number of rotatable bonds is 6. The first-order valence-electron chi connectivity index (χ1n) is 11.5. The van der Waals surface area contributed by atoms with Gasteiger partial charge < -0.3 is 10.6 Å². The number of likely N-dealkylation sites (tertiary alicyclic amines) is 1. The number of hydrogen-bond acceptors (Lipinski definition) is 4. The van der Waals surface area contributed by atoms with Crippen LogP contribution in [0.3, 0.4) is 0 Å². The summed E-state index contributed by atoms with van der Waals surface area (Å²) in [4.78, 5) is 27.5. The van der Waals surface area contributed by atoms with Gasteiger partial charge in [0.2, 0.25) is 5.91 Å². The Kier molecular flexibility index (Phi) is 7.50. The summed E-state index contributed by atoms with van der Waals surface area (Å²) in [7, 11) is 2.00. The zero-order valence-electron chi connectivity index (χ0n) is 18.0. The van der Waals surface area contributed by atoms with Crippen LogP contribution in [0.4, 0.5) is 4.79 Å². The number of nitrogens with zero attached hydrogens (tertiary/aromatic N) is 1. The number of carbonyl (C=O) groups excluding carboxylic acids is 2. The molecule has 3 N–H and O–H groups in total. The molecule has 4 saturated carbocycles. The van der Waals surface area contributed by atoms with Gasteiger partial charge in [-0.05, 0) is 115 Å².